The summed E-state index contributed by atoms with van der Waals surface area (Å²) in [5.41, 5.74) is 8.09. The van der Waals surface area contributed by atoms with E-state index >= 15 is 4.57 Å². The summed E-state index contributed by atoms with van der Waals surface area (Å²) >= 11 is 21.8. The van der Waals surface area contributed by atoms with Crippen LogP contribution in [0.3, 0.4) is 0 Å². The summed E-state index contributed by atoms with van der Waals surface area (Å²) in [6.07, 6.45) is -19.8. The molecular weight excluding hydrogens is 1770 g/mol. The normalized spacial score (nSPS) is 34.4. The summed E-state index contributed by atoms with van der Waals surface area (Å²) in [5.74, 6) is -0.490. The van der Waals surface area contributed by atoms with Crippen molar-refractivity contribution in [1.82, 2.24) is 77.7 Å². The van der Waals surface area contributed by atoms with Crippen LogP contribution in [0.25, 0.3) is 33.5 Å². The van der Waals surface area contributed by atoms with Crippen LogP contribution in [0.4, 0.5) is 17.7 Å². The van der Waals surface area contributed by atoms with Gasteiger partial charge >= 0.3 is 38.3 Å². The lowest BCUT2D eigenvalue weighted by molar-refractivity contribution is -0.215. The molecule has 121 heavy (non-hydrogen) atoms. The Morgan fingerprint density at radius 1 is 0.512 bits per heavy atom. The number of aromatic nitrogens is 16. The van der Waals surface area contributed by atoms with Crippen LogP contribution in [0.15, 0.2) is 66.5 Å². The molecule has 0 aromatic carbocycles. The van der Waals surface area contributed by atoms with Crippen molar-refractivity contribution < 1.29 is 117 Å². The molecule has 6 bridgehead atoms. The number of thiol groups is 1. The minimum Gasteiger partial charge on any atom is -0.387 e. The fraction of sp³-hybridized carbons (Fsp3) is 0.635. The maximum Gasteiger partial charge on any atom is 0.386 e. The van der Waals surface area contributed by atoms with Gasteiger partial charge in [-0.15, -0.1) is 0 Å². The second-order valence-corrected chi connectivity index (χ2v) is 40.7. The third kappa shape index (κ3) is 16.1. The average Bonchev–Trinajstić information content (AvgIpc) is 1.54. The summed E-state index contributed by atoms with van der Waals surface area (Å²) in [7, 11) is 2.75. The van der Waals surface area contributed by atoms with Gasteiger partial charge in [0.15, 0.2) is 64.9 Å². The van der Waals surface area contributed by atoms with E-state index in [2.05, 4.69) is 67.1 Å². The van der Waals surface area contributed by atoms with Crippen LogP contribution < -0.4 is 50.8 Å². The predicted octanol–water partition coefficient (Wildman–Crippen LogP) is -1.35. The van der Waals surface area contributed by atoms with Crippen LogP contribution in [-0.4, -0.2) is 273 Å². The molecule has 8 aromatic rings. The average molecular weight is 1850 g/mol. The zero-order valence-corrected chi connectivity index (χ0v) is 71.7. The van der Waals surface area contributed by atoms with Crippen LogP contribution >= 0.6 is 39.2 Å². The summed E-state index contributed by atoms with van der Waals surface area (Å²) in [6, 6.07) is 0. The number of hydrogen-bond acceptors (Lipinski definition) is 41. The standard InChI is InChI=1S/C63H83N19O31P4S4/c1-9-61-26(4)103-39(55(107-61)81-22-70-32-46(81)72-57(65)74-50(32)86)42(61)112-114(90,118)98-16-29-35(37(97-13-11-95-8)53(105-29)79-15-25(3)49(85)77-60(79)89)111-117(93,121)101-19-63-28(6)104-40(56(109-63)82-23-71-33-47(82)73-58(66)75-51(33)87)43(63)113-115(91,119)99-17-30-34(36(96-12-10-94-7)52(106-30)78-14-24(2)48(84)76-59(78)88)110-116(92,120)100-18-62-27(5)102-38(41(62)83)54(108-62)80-21-69-31-44(64)67-20-68-45(31)80/h14-15,20-23,26-30,34-43,52-56,83H,9-13,16-19H2,1-8H3,(H,90,118)(H,91,119)(H,92,120)(H,93,121)(H2,64,67,68)(H,76,84,88)(H,77,85,89)(H3,65,72,74,86)(H3,66,73,75,87)/t26-,27-,28-,29+,30+,34?,35?,36-,37-,38-,39-,40-,41?,42?,43?,52+,53+,54+,55+,56+,61-,62-,63-,114?,115?,116?,117?/m0/s1. The maximum atomic E-state index is 15.6. The number of aliphatic hydroxyl groups excluding tert-OH is 1. The van der Waals surface area contributed by atoms with E-state index in [4.69, 9.17) is 146 Å². The number of nitrogen functional groups attached to an aromatic ring is 3. The molecule has 16 heterocycles. The fourth-order valence-electron chi connectivity index (χ4n) is 16.4. The molecule has 16 rings (SSSR count). The van der Waals surface area contributed by atoms with Gasteiger partial charge < -0.3 is 107 Å². The molecule has 660 valence electrons. The minimum atomic E-state index is -5.10. The Morgan fingerprint density at radius 3 is 1.45 bits per heavy atom. The van der Waals surface area contributed by atoms with Crippen LogP contribution in [-0.2, 0) is 133 Å². The first-order chi connectivity index (χ1) is 57.3. The van der Waals surface area contributed by atoms with E-state index in [0.29, 0.717) is 0 Å². The lowest BCUT2D eigenvalue weighted by Crippen LogP contribution is -2.50. The van der Waals surface area contributed by atoms with Gasteiger partial charge in [0, 0.05) is 37.7 Å². The fourth-order valence-corrected chi connectivity index (χ4v) is 22.2. The topological polar surface area (TPSA) is 641 Å². The first kappa shape index (κ1) is 88.0. The van der Waals surface area contributed by atoms with Crippen LogP contribution in [0, 0.1) is 13.8 Å². The molecule has 8 saturated heterocycles. The molecule has 0 amide bonds. The summed E-state index contributed by atoms with van der Waals surface area (Å²) < 4.78 is 148. The number of nitrogens with two attached hydrogens (primary N) is 3. The quantitative estimate of drug-likeness (QED) is 0.0126. The predicted molar refractivity (Wildman–Crippen MR) is 425 cm³/mol. The Labute approximate surface area is 700 Å². The smallest absolute Gasteiger partial charge is 0.386 e. The number of H-pyrrole nitrogens is 4. The highest BCUT2D eigenvalue weighted by atomic mass is 32.7. The van der Waals surface area contributed by atoms with Gasteiger partial charge in [-0.05, 0) is 76.5 Å². The molecular formula is C63H83N19O31P4S4. The molecule has 8 aromatic heterocycles. The zero-order chi connectivity index (χ0) is 86.3. The zero-order valence-electron chi connectivity index (χ0n) is 64.7. The molecule has 0 radical (unpaired) electrons. The number of rotatable bonds is 34. The Kier molecular flexibility index (Phi) is 24.3. The Morgan fingerprint density at radius 2 is 0.942 bits per heavy atom. The lowest BCUT2D eigenvalue weighted by Gasteiger charge is -2.37. The number of fused-ring (bicyclic) bond motifs is 9. The first-order valence-corrected chi connectivity index (χ1v) is 47.7. The molecule has 50 nitrogen and oxygen atoms in total. The maximum absolute atomic E-state index is 15.6. The number of imidazole rings is 3. The number of nitrogens with zero attached hydrogens (tertiary/aromatic N) is 12. The molecule has 58 heteroatoms. The van der Waals surface area contributed by atoms with Crippen LogP contribution in [0.2, 0.25) is 0 Å². The van der Waals surface area contributed by atoms with Gasteiger partial charge in [-0.3, -0.25) is 84.6 Å². The van der Waals surface area contributed by atoms with Gasteiger partial charge in [0.1, 0.15) is 102 Å². The number of aliphatic hydroxyl groups is 1. The minimum absolute atomic E-state index is 0.0249. The van der Waals surface area contributed by atoms with E-state index in [1.807, 2.05) is 0 Å². The van der Waals surface area contributed by atoms with Gasteiger partial charge in [-0.2, -0.15) is 9.97 Å². The van der Waals surface area contributed by atoms with E-state index in [9.17, 15) is 48.6 Å². The van der Waals surface area contributed by atoms with Crippen molar-refractivity contribution in [2.24, 2.45) is 0 Å². The van der Waals surface area contributed by atoms with Crippen molar-refractivity contribution in [3.05, 3.63) is 111 Å². The second-order valence-electron chi connectivity index (χ2n) is 29.5. The van der Waals surface area contributed by atoms with Crippen molar-refractivity contribution in [2.45, 2.75) is 187 Å². The van der Waals surface area contributed by atoms with Crippen molar-refractivity contribution in [1.29, 1.82) is 0 Å². The number of ether oxygens (including phenoxy) is 12. The number of nitrogens with one attached hydrogen (secondary N) is 4. The van der Waals surface area contributed by atoms with Crippen LogP contribution in [0.1, 0.15) is 76.4 Å². The van der Waals surface area contributed by atoms with E-state index in [0.717, 1.165) is 9.13 Å². The summed E-state index contributed by atoms with van der Waals surface area (Å²) in [4.78, 5) is 156. The third-order valence-electron chi connectivity index (χ3n) is 22.4. The Bertz CT molecular complexity index is 5910. The van der Waals surface area contributed by atoms with Gasteiger partial charge in [0.2, 0.25) is 11.9 Å². The van der Waals surface area contributed by atoms with E-state index in [1.54, 1.807) is 20.8 Å². The summed E-state index contributed by atoms with van der Waals surface area (Å²) in [5, 5.41) is 11.9. The number of aromatic amines is 4. The summed E-state index contributed by atoms with van der Waals surface area (Å²) in [6.45, 7) is -14.0. The molecule has 8 aliphatic heterocycles. The Balaban J connectivity index is 0.686. The van der Waals surface area contributed by atoms with Gasteiger partial charge in [-0.1, -0.05) is 19.2 Å². The highest BCUT2D eigenvalue weighted by Crippen LogP contribution is 2.64. The number of methoxy groups -OCH3 is 2. The molecule has 0 spiro atoms. The van der Waals surface area contributed by atoms with Crippen LogP contribution in [0.5, 0.6) is 0 Å². The SMILES string of the molecule is CC[C@]12O[C@@H](n3cnc4c(=O)[nH]c(N)nc43)[C@@H](O[C@H]1C)C2OP(O)(=S)OC[C@H]1O[C@@H](n2cc(C)c(=O)[nH]c2=O)[C@@H](OCCOC)C1OP(=O)(S)OC[C@]12O[C@@H](n3cnc4c(=O)[nH]c(N)nc43)[C@@H](O[C@H]1C)C2OP(O)(=S)OC[C@H]1O[C@@H](n2cc(C)c(=O)[nH]c2=O)[C@@H](OCCOC)C1OP(O)(=S)OC[C@]12O[C@@H](n3cnc4c(N)ncnc43)[C@@H](O[C@H]1C)C2O. The largest absolute Gasteiger partial charge is 0.387 e. The molecule has 9 unspecified atom stereocenters. The van der Waals surface area contributed by atoms with Crippen molar-refractivity contribution in [2.75, 3.05) is 84.3 Å². The van der Waals surface area contributed by atoms with E-state index in [1.165, 1.54) is 86.4 Å². The molecule has 8 fully saturated rings. The third-order valence-corrected chi connectivity index (χ3v) is 28.6. The molecule has 0 saturated carbocycles. The van der Waals surface area contributed by atoms with Crippen molar-refractivity contribution in [3.8, 4) is 0 Å². The van der Waals surface area contributed by atoms with Gasteiger partial charge in [0.25, 0.3) is 22.2 Å². The van der Waals surface area contributed by atoms with Gasteiger partial charge in [0.05, 0.1) is 90.1 Å². The number of anilines is 3. The first-order valence-electron chi connectivity index (χ1n) is 37.2. The van der Waals surface area contributed by atoms with Crippen molar-refractivity contribution >= 4 is 126 Å². The van der Waals surface area contributed by atoms with Gasteiger partial charge in [-0.25, -0.2) is 39.1 Å². The molecule has 8 aliphatic rings. The highest BCUT2D eigenvalue weighted by Gasteiger charge is 2.71. The lowest BCUT2D eigenvalue weighted by atomic mass is 9.91. The Hall–Kier alpha value is -6.42. The van der Waals surface area contributed by atoms with E-state index < -0.39 is 226 Å². The molecule has 14 N–H and O–H groups in total. The molecule has 27 atom stereocenters. The second kappa shape index (κ2) is 33.4. The van der Waals surface area contributed by atoms with Crippen molar-refractivity contribution in [3.63, 3.8) is 0 Å². The number of hydrogen-bond donors (Lipinski definition) is 12. The number of aryl methyl sites for hydroxylation is 2. The monoisotopic (exact) mass is 1850 g/mol. The molecule has 0 aliphatic carbocycles. The highest BCUT2D eigenvalue weighted by molar-refractivity contribution is 8.44. The van der Waals surface area contributed by atoms with E-state index in [-0.39, 0.29) is 95.2 Å².